The maximum absolute atomic E-state index is 12.2. The zero-order valence-electron chi connectivity index (χ0n) is 12.8. The van der Waals surface area contributed by atoms with Crippen LogP contribution < -0.4 is 16.4 Å². The van der Waals surface area contributed by atoms with Gasteiger partial charge in [0.15, 0.2) is 0 Å². The topological polar surface area (TPSA) is 111 Å². The second-order valence-corrected chi connectivity index (χ2v) is 5.56. The molecule has 0 fully saturated rings. The van der Waals surface area contributed by atoms with E-state index in [4.69, 9.17) is 5.73 Å². The quantitative estimate of drug-likeness (QED) is 0.549. The van der Waals surface area contributed by atoms with Crippen LogP contribution in [0.25, 0.3) is 0 Å². The average Bonchev–Trinajstić information content (AvgIpc) is 2.35. The molecule has 0 aromatic rings. The van der Waals surface area contributed by atoms with Crippen molar-refractivity contribution in [1.29, 1.82) is 0 Å². The first-order valence-electron chi connectivity index (χ1n) is 6.54. The molecule has 0 saturated heterocycles. The molecule has 0 rings (SSSR count). The Kier molecular flexibility index (Phi) is 7.20. The zero-order chi connectivity index (χ0) is 15.9. The fourth-order valence-corrected chi connectivity index (χ4v) is 1.66. The third kappa shape index (κ3) is 6.01. The first-order valence-corrected chi connectivity index (χ1v) is 6.54. The summed E-state index contributed by atoms with van der Waals surface area (Å²) in [4.78, 5) is 35.1. The number of nitrogens with two attached hydrogens (primary N) is 1. The van der Waals surface area contributed by atoms with Crippen LogP contribution in [0.4, 0.5) is 0 Å². The normalized spacial score (nSPS) is 12.8. The van der Waals surface area contributed by atoms with Crippen LogP contribution in [0.1, 0.15) is 34.1 Å². The summed E-state index contributed by atoms with van der Waals surface area (Å²) in [5.41, 5.74) is 4.07. The smallest absolute Gasteiger partial charge is 0.330 e. The molecular weight excluding hydrogens is 262 g/mol. The minimum atomic E-state index is -1.16. The number of amides is 2. The summed E-state index contributed by atoms with van der Waals surface area (Å²) in [6, 6.07) is -0.727. The van der Waals surface area contributed by atoms with E-state index in [0.717, 1.165) is 0 Å². The largest absolute Gasteiger partial charge is 0.467 e. The maximum Gasteiger partial charge on any atom is 0.330 e. The summed E-state index contributed by atoms with van der Waals surface area (Å²) in [7, 11) is 1.25. The number of methoxy groups -OCH3 is 1. The molecule has 4 N–H and O–H groups in total. The molecule has 0 aromatic heterocycles. The van der Waals surface area contributed by atoms with Gasteiger partial charge >= 0.3 is 5.97 Å². The van der Waals surface area contributed by atoms with E-state index in [9.17, 15) is 14.4 Å². The predicted octanol–water partition coefficient (Wildman–Crippen LogP) is -0.456. The van der Waals surface area contributed by atoms with Crippen LogP contribution in [0.3, 0.4) is 0 Å². The Morgan fingerprint density at radius 2 is 1.80 bits per heavy atom. The second-order valence-electron chi connectivity index (χ2n) is 5.56. The van der Waals surface area contributed by atoms with Crippen LogP contribution in [0.5, 0.6) is 0 Å². The Morgan fingerprint density at radius 3 is 2.20 bits per heavy atom. The molecule has 0 saturated carbocycles. The molecule has 0 aromatic carbocycles. The Hall–Kier alpha value is -1.63. The maximum atomic E-state index is 12.2. The van der Waals surface area contributed by atoms with Crippen LogP contribution in [0, 0.1) is 5.92 Å². The minimum absolute atomic E-state index is 0.192. The van der Waals surface area contributed by atoms with Gasteiger partial charge in [-0.2, -0.15) is 0 Å². The van der Waals surface area contributed by atoms with E-state index >= 15 is 0 Å². The third-order valence-electron chi connectivity index (χ3n) is 2.68. The van der Waals surface area contributed by atoms with Gasteiger partial charge < -0.3 is 21.1 Å². The molecule has 0 heterocycles. The zero-order valence-corrected chi connectivity index (χ0v) is 12.8. The highest BCUT2D eigenvalue weighted by Crippen LogP contribution is 2.09. The van der Waals surface area contributed by atoms with Gasteiger partial charge in [0.2, 0.25) is 11.8 Å². The number of carbonyl (C=O) groups excluding carboxylic acids is 3. The number of hydrogen-bond donors (Lipinski definition) is 3. The highest BCUT2D eigenvalue weighted by Gasteiger charge is 2.33. The van der Waals surface area contributed by atoms with E-state index in [1.54, 1.807) is 0 Å². The molecule has 2 amide bonds. The second kappa shape index (κ2) is 7.84. The van der Waals surface area contributed by atoms with Crippen molar-refractivity contribution in [1.82, 2.24) is 10.6 Å². The lowest BCUT2D eigenvalue weighted by Gasteiger charge is -2.27. The highest BCUT2D eigenvalue weighted by molar-refractivity contribution is 5.92. The first-order chi connectivity index (χ1) is 9.13. The molecule has 0 bridgehead atoms. The fourth-order valence-electron chi connectivity index (χ4n) is 1.66. The third-order valence-corrected chi connectivity index (χ3v) is 2.68. The van der Waals surface area contributed by atoms with Gasteiger partial charge in [0.05, 0.1) is 13.7 Å². The molecule has 0 spiro atoms. The van der Waals surface area contributed by atoms with Crippen LogP contribution in [-0.4, -0.2) is 43.0 Å². The van der Waals surface area contributed by atoms with Gasteiger partial charge in [-0.25, -0.2) is 4.79 Å². The van der Waals surface area contributed by atoms with Crippen molar-refractivity contribution in [3.63, 3.8) is 0 Å². The van der Waals surface area contributed by atoms with Crippen molar-refractivity contribution in [2.75, 3.05) is 13.7 Å². The van der Waals surface area contributed by atoms with Crippen molar-refractivity contribution < 1.29 is 19.1 Å². The summed E-state index contributed by atoms with van der Waals surface area (Å²) in [6.45, 7) is 6.74. The SMILES string of the molecule is COC(=O)C(C)(C)NC(=O)[C@H](CC(C)C)NC(=O)CN. The van der Waals surface area contributed by atoms with E-state index in [1.807, 2.05) is 13.8 Å². The molecule has 20 heavy (non-hydrogen) atoms. The van der Waals surface area contributed by atoms with Gasteiger partial charge in [0.1, 0.15) is 11.6 Å². The van der Waals surface area contributed by atoms with E-state index in [-0.39, 0.29) is 12.5 Å². The lowest BCUT2D eigenvalue weighted by atomic mass is 10.0. The number of carbonyl (C=O) groups is 3. The molecule has 0 aliphatic rings. The number of esters is 1. The molecule has 7 nitrogen and oxygen atoms in total. The van der Waals surface area contributed by atoms with Crippen LogP contribution in [0.15, 0.2) is 0 Å². The lowest BCUT2D eigenvalue weighted by molar-refractivity contribution is -0.149. The van der Waals surface area contributed by atoms with Gasteiger partial charge in [0.25, 0.3) is 0 Å². The average molecular weight is 287 g/mol. The van der Waals surface area contributed by atoms with Crippen LogP contribution >= 0.6 is 0 Å². The van der Waals surface area contributed by atoms with Crippen molar-refractivity contribution in [2.24, 2.45) is 11.7 Å². The van der Waals surface area contributed by atoms with Crippen molar-refractivity contribution in [3.8, 4) is 0 Å². The van der Waals surface area contributed by atoms with E-state index in [1.165, 1.54) is 21.0 Å². The number of ether oxygens (including phenoxy) is 1. The number of hydrogen-bond acceptors (Lipinski definition) is 5. The van der Waals surface area contributed by atoms with Crippen LogP contribution in [-0.2, 0) is 19.1 Å². The van der Waals surface area contributed by atoms with E-state index in [2.05, 4.69) is 15.4 Å². The van der Waals surface area contributed by atoms with E-state index < -0.39 is 29.4 Å². The molecular formula is C13H25N3O4. The van der Waals surface area contributed by atoms with Gasteiger partial charge in [-0.15, -0.1) is 0 Å². The highest BCUT2D eigenvalue weighted by atomic mass is 16.5. The Bertz CT molecular complexity index is 367. The van der Waals surface area contributed by atoms with Crippen molar-refractivity contribution in [2.45, 2.75) is 45.7 Å². The van der Waals surface area contributed by atoms with Crippen molar-refractivity contribution in [3.05, 3.63) is 0 Å². The lowest BCUT2D eigenvalue weighted by Crippen LogP contribution is -2.57. The molecule has 0 aliphatic heterocycles. The molecule has 0 aliphatic carbocycles. The monoisotopic (exact) mass is 287 g/mol. The predicted molar refractivity (Wildman–Crippen MR) is 74.7 cm³/mol. The molecule has 7 heteroatoms. The van der Waals surface area contributed by atoms with Crippen molar-refractivity contribution >= 4 is 17.8 Å². The Morgan fingerprint density at radius 1 is 1.25 bits per heavy atom. The van der Waals surface area contributed by atoms with Gasteiger partial charge in [-0.1, -0.05) is 13.8 Å². The number of nitrogens with one attached hydrogen (secondary N) is 2. The molecule has 0 unspecified atom stereocenters. The fraction of sp³-hybridized carbons (Fsp3) is 0.769. The van der Waals surface area contributed by atoms with Gasteiger partial charge in [0, 0.05) is 0 Å². The summed E-state index contributed by atoms with van der Waals surface area (Å²) in [6.07, 6.45) is 0.453. The Balaban J connectivity index is 4.86. The minimum Gasteiger partial charge on any atom is -0.467 e. The molecule has 116 valence electrons. The first kappa shape index (κ1) is 18.4. The summed E-state index contributed by atoms with van der Waals surface area (Å²) >= 11 is 0. The van der Waals surface area contributed by atoms with Gasteiger partial charge in [-0.05, 0) is 26.2 Å². The number of rotatable bonds is 7. The summed E-state index contributed by atoms with van der Waals surface area (Å²) < 4.78 is 4.62. The standard InChI is InChI=1S/C13H25N3O4/c1-8(2)6-9(15-10(17)7-14)11(18)16-13(3,4)12(19)20-5/h8-9H,6-7,14H2,1-5H3,(H,15,17)(H,16,18)/t9-/m0/s1. The molecule has 0 radical (unpaired) electrons. The summed E-state index contributed by atoms with van der Waals surface area (Å²) in [5.74, 6) is -1.21. The van der Waals surface area contributed by atoms with Gasteiger partial charge in [-0.3, -0.25) is 9.59 Å². The summed E-state index contributed by atoms with van der Waals surface area (Å²) in [5, 5.41) is 5.12. The van der Waals surface area contributed by atoms with Crippen LogP contribution in [0.2, 0.25) is 0 Å². The Labute approximate surface area is 119 Å². The van der Waals surface area contributed by atoms with E-state index in [0.29, 0.717) is 6.42 Å². The molecule has 1 atom stereocenters.